The maximum Gasteiger partial charge on any atom is 0.412 e. The Bertz CT molecular complexity index is 1460. The van der Waals surface area contributed by atoms with Crippen molar-refractivity contribution < 1.29 is 24.2 Å². The van der Waals surface area contributed by atoms with Gasteiger partial charge >= 0.3 is 6.09 Å². The van der Waals surface area contributed by atoms with E-state index in [-0.39, 0.29) is 47.9 Å². The Labute approximate surface area is 265 Å². The van der Waals surface area contributed by atoms with Crippen molar-refractivity contribution in [3.63, 3.8) is 0 Å². The molecule has 3 saturated heterocycles. The minimum Gasteiger partial charge on any atom is -0.447 e. The Hall–Kier alpha value is -3.92. The molecule has 3 aliphatic heterocycles. The fourth-order valence-electron chi connectivity index (χ4n) is 7.79. The van der Waals surface area contributed by atoms with Gasteiger partial charge in [-0.25, -0.2) is 4.79 Å². The molecule has 0 bridgehead atoms. The van der Waals surface area contributed by atoms with E-state index < -0.39 is 23.2 Å². The van der Waals surface area contributed by atoms with Crippen molar-refractivity contribution in [3.05, 3.63) is 71.5 Å². The number of hydrogen-bond acceptors (Lipinski definition) is 7. The van der Waals surface area contributed by atoms with Crippen LogP contribution in [0.15, 0.2) is 70.9 Å². The first kappa shape index (κ1) is 31.1. The highest BCUT2D eigenvalue weighted by atomic mass is 16.6. The molecule has 10 heteroatoms. The lowest BCUT2D eigenvalue weighted by Gasteiger charge is -2.55. The lowest BCUT2D eigenvalue weighted by molar-refractivity contribution is -0.178. The Morgan fingerprint density at radius 3 is 2.51 bits per heavy atom. The molecule has 1 aromatic carbocycles. The van der Waals surface area contributed by atoms with Gasteiger partial charge in [0, 0.05) is 55.8 Å². The normalized spacial score (nSPS) is 28.2. The van der Waals surface area contributed by atoms with Gasteiger partial charge < -0.3 is 25.4 Å². The number of cyclic esters (lactones) is 1. The fraction of sp³-hybridized carbons (Fsp3) is 0.543. The lowest BCUT2D eigenvalue weighted by Crippen LogP contribution is -2.69. The number of aliphatic hydroxyl groups is 1. The van der Waals surface area contributed by atoms with E-state index in [0.29, 0.717) is 32.6 Å². The number of carbonyl (C=O) groups excluding carboxylic acids is 3. The molecule has 1 saturated carbocycles. The van der Waals surface area contributed by atoms with Gasteiger partial charge in [0.15, 0.2) is 0 Å². The van der Waals surface area contributed by atoms with Crippen LogP contribution in [0.25, 0.3) is 0 Å². The van der Waals surface area contributed by atoms with E-state index in [1.807, 2.05) is 35.2 Å². The second-order valence-corrected chi connectivity index (χ2v) is 14.3. The molecule has 3 heterocycles. The number of benzene rings is 1. The maximum atomic E-state index is 13.9. The third-order valence-corrected chi connectivity index (χ3v) is 10.5. The van der Waals surface area contributed by atoms with Crippen molar-refractivity contribution in [1.82, 2.24) is 14.7 Å². The first-order chi connectivity index (χ1) is 21.4. The van der Waals surface area contributed by atoms with Gasteiger partial charge in [-0.15, -0.1) is 0 Å². The van der Waals surface area contributed by atoms with Gasteiger partial charge in [-0.3, -0.25) is 19.5 Å². The molecule has 3 N–H and O–H groups in total. The van der Waals surface area contributed by atoms with Crippen LogP contribution in [0.3, 0.4) is 0 Å². The Morgan fingerprint density at radius 2 is 1.87 bits per heavy atom. The Kier molecular flexibility index (Phi) is 8.14. The summed E-state index contributed by atoms with van der Waals surface area (Å²) in [7, 11) is 0. The molecule has 2 aliphatic carbocycles. The number of nitrogens with zero attached hydrogens (tertiary/aromatic N) is 4. The van der Waals surface area contributed by atoms with Crippen molar-refractivity contribution >= 4 is 24.1 Å². The molecule has 0 radical (unpaired) electrons. The van der Waals surface area contributed by atoms with Crippen LogP contribution in [0, 0.1) is 22.7 Å². The van der Waals surface area contributed by atoms with Crippen LogP contribution in [0.4, 0.5) is 4.79 Å². The number of allylic oxidation sites excluding steroid dienone is 3. The second kappa shape index (κ2) is 11.8. The smallest absolute Gasteiger partial charge is 0.412 e. The van der Waals surface area contributed by atoms with Crippen LogP contribution in [0.1, 0.15) is 52.0 Å². The van der Waals surface area contributed by atoms with Gasteiger partial charge in [0.25, 0.3) is 5.91 Å². The highest BCUT2D eigenvalue weighted by Crippen LogP contribution is 2.56. The van der Waals surface area contributed by atoms with Gasteiger partial charge in [0.2, 0.25) is 5.91 Å². The fourth-order valence-corrected chi connectivity index (χ4v) is 7.79. The van der Waals surface area contributed by atoms with Crippen LogP contribution in [-0.4, -0.2) is 88.5 Å². The number of amides is 3. The van der Waals surface area contributed by atoms with E-state index in [1.165, 1.54) is 17.3 Å². The number of carbonyl (C=O) groups is 3. The summed E-state index contributed by atoms with van der Waals surface area (Å²) in [5.74, 6) is -0.693. The lowest BCUT2D eigenvalue weighted by atomic mass is 9.67. The van der Waals surface area contributed by atoms with Gasteiger partial charge in [-0.05, 0) is 43.6 Å². The average Bonchev–Trinajstić information content (AvgIpc) is 3.29. The monoisotopic (exact) mass is 615 g/mol. The number of nitrogens with two attached hydrogens (primary N) is 1. The van der Waals surface area contributed by atoms with Crippen molar-refractivity contribution in [1.29, 1.82) is 0 Å². The molecule has 1 aromatic rings. The van der Waals surface area contributed by atoms with E-state index in [2.05, 4.69) is 37.1 Å². The molecule has 3 amide bonds. The molecule has 1 spiro atoms. The van der Waals surface area contributed by atoms with Crippen LogP contribution in [0.5, 0.6) is 0 Å². The molecule has 10 nitrogen and oxygen atoms in total. The third-order valence-electron chi connectivity index (χ3n) is 10.5. The molecule has 4 atom stereocenters. The standard InChI is InChI=1S/C35H45N5O5/c1-33(2)15-28(33)31(42)39-22-35(23-39)21-38(30(41)26(16-36)18-37-17-25-12-8-5-9-13-25)19-29(35)34(3,44)40-27(20-45-32(40)43)14-24-10-6-4-7-11-24/h5-6,8-13,16,18,27-29,44H,4,7,14-15,17,19-23,36H2,1-3H3/b26-16+,37-18?/t27-,28+,29-,34?/m0/s1. The zero-order valence-corrected chi connectivity index (χ0v) is 26.5. The molecule has 45 heavy (non-hydrogen) atoms. The number of ether oxygens (including phenoxy) is 1. The van der Waals surface area contributed by atoms with E-state index >= 15 is 0 Å². The molecule has 6 rings (SSSR count). The number of aliphatic imine (C=N–C) groups is 1. The Morgan fingerprint density at radius 1 is 1.16 bits per heavy atom. The number of rotatable bonds is 9. The highest BCUT2D eigenvalue weighted by molar-refractivity contribution is 6.12. The number of likely N-dealkylation sites (tertiary alicyclic amines) is 2. The van der Waals surface area contributed by atoms with E-state index in [0.717, 1.165) is 30.4 Å². The first-order valence-electron chi connectivity index (χ1n) is 16.0. The van der Waals surface area contributed by atoms with E-state index in [1.54, 1.807) is 11.8 Å². The molecule has 5 aliphatic rings. The van der Waals surface area contributed by atoms with Gasteiger partial charge in [0.1, 0.15) is 12.3 Å². The van der Waals surface area contributed by atoms with Crippen molar-refractivity contribution in [2.24, 2.45) is 33.4 Å². The zero-order valence-electron chi connectivity index (χ0n) is 26.5. The van der Waals surface area contributed by atoms with Crippen LogP contribution >= 0.6 is 0 Å². The third kappa shape index (κ3) is 5.92. The highest BCUT2D eigenvalue weighted by Gasteiger charge is 2.66. The molecular weight excluding hydrogens is 570 g/mol. The van der Waals surface area contributed by atoms with Crippen LogP contribution in [-0.2, 0) is 20.9 Å². The van der Waals surface area contributed by atoms with E-state index in [9.17, 15) is 19.5 Å². The topological polar surface area (TPSA) is 129 Å². The van der Waals surface area contributed by atoms with Crippen molar-refractivity contribution in [3.8, 4) is 0 Å². The summed E-state index contributed by atoms with van der Waals surface area (Å²) in [4.78, 5) is 49.9. The van der Waals surface area contributed by atoms with E-state index in [4.69, 9.17) is 10.5 Å². The molecule has 1 unspecified atom stereocenters. The van der Waals surface area contributed by atoms with Gasteiger partial charge in [-0.2, -0.15) is 0 Å². The summed E-state index contributed by atoms with van der Waals surface area (Å²) in [6.45, 7) is 7.81. The summed E-state index contributed by atoms with van der Waals surface area (Å²) in [6.07, 6.45) is 11.9. The minimum atomic E-state index is -1.63. The summed E-state index contributed by atoms with van der Waals surface area (Å²) < 4.78 is 5.51. The van der Waals surface area contributed by atoms with Crippen LogP contribution < -0.4 is 5.73 Å². The maximum absolute atomic E-state index is 13.9. The predicted molar refractivity (Wildman–Crippen MR) is 171 cm³/mol. The van der Waals surface area contributed by atoms with Crippen LogP contribution in [0.2, 0.25) is 0 Å². The second-order valence-electron chi connectivity index (χ2n) is 14.3. The summed E-state index contributed by atoms with van der Waals surface area (Å²) >= 11 is 0. The first-order valence-corrected chi connectivity index (χ1v) is 16.0. The summed E-state index contributed by atoms with van der Waals surface area (Å²) in [5, 5.41) is 12.4. The van der Waals surface area contributed by atoms with Crippen molar-refractivity contribution in [2.75, 3.05) is 32.8 Å². The van der Waals surface area contributed by atoms with Crippen molar-refractivity contribution in [2.45, 2.75) is 64.8 Å². The molecule has 4 fully saturated rings. The molecular formula is C35H45N5O5. The predicted octanol–water partition coefficient (Wildman–Crippen LogP) is 3.63. The molecule has 240 valence electrons. The Balaban J connectivity index is 1.23. The zero-order chi connectivity index (χ0) is 32.0. The largest absolute Gasteiger partial charge is 0.447 e. The molecule has 0 aromatic heterocycles. The quantitative estimate of drug-likeness (QED) is 0.323. The van der Waals surface area contributed by atoms with Gasteiger partial charge in [-0.1, -0.05) is 68.0 Å². The summed E-state index contributed by atoms with van der Waals surface area (Å²) in [6, 6.07) is 9.39. The SMILES string of the molecule is CC1(C)C[C@@H]1C(=O)N1CC2(CN(C(=O)/C(C=NCc3ccccc3)=C/N)C[C@H]2C(C)(O)N2C(=O)OC[C@@H]2CC2=CCCC=C2)C1. The van der Waals surface area contributed by atoms with Gasteiger partial charge in [0.05, 0.1) is 18.2 Å². The average molecular weight is 616 g/mol. The minimum absolute atomic E-state index is 0.00288. The number of hydrogen-bond donors (Lipinski definition) is 2. The summed E-state index contributed by atoms with van der Waals surface area (Å²) in [5.41, 5.74) is 6.08.